The topological polar surface area (TPSA) is 36.8 Å². The number of benzene rings is 2. The van der Waals surface area contributed by atoms with Crippen LogP contribution in [0.2, 0.25) is 0 Å². The van der Waals surface area contributed by atoms with E-state index < -0.39 is 0 Å². The minimum atomic E-state index is -0.216. The first-order valence-electron chi connectivity index (χ1n) is 8.44. The number of rotatable bonds is 4. The molecular formula is C19H22BrFN3O+. The summed E-state index contributed by atoms with van der Waals surface area (Å²) in [5.41, 5.74) is 1.84. The Kier molecular flexibility index (Phi) is 5.71. The first kappa shape index (κ1) is 17.9. The summed E-state index contributed by atoms with van der Waals surface area (Å²) in [6, 6.07) is 14.1. The van der Waals surface area contributed by atoms with Crippen molar-refractivity contribution in [3.8, 4) is 0 Å². The molecule has 1 saturated heterocycles. The molecular weight excluding hydrogens is 385 g/mol. The molecule has 0 aromatic heterocycles. The molecule has 1 aliphatic heterocycles. The van der Waals surface area contributed by atoms with Gasteiger partial charge in [-0.2, -0.15) is 0 Å². The van der Waals surface area contributed by atoms with Crippen molar-refractivity contribution >= 4 is 33.2 Å². The van der Waals surface area contributed by atoms with E-state index in [0.717, 1.165) is 42.0 Å². The molecule has 2 N–H and O–H groups in total. The van der Waals surface area contributed by atoms with Crippen molar-refractivity contribution in [3.63, 3.8) is 0 Å². The van der Waals surface area contributed by atoms with E-state index in [0.29, 0.717) is 0 Å². The fourth-order valence-corrected chi connectivity index (χ4v) is 3.37. The van der Waals surface area contributed by atoms with Gasteiger partial charge in [0.1, 0.15) is 5.82 Å². The molecule has 1 amide bonds. The molecule has 6 heteroatoms. The summed E-state index contributed by atoms with van der Waals surface area (Å²) >= 11 is 3.39. The third-order valence-electron chi connectivity index (χ3n) is 4.71. The van der Waals surface area contributed by atoms with E-state index in [1.54, 1.807) is 0 Å². The third kappa shape index (κ3) is 4.58. The Labute approximate surface area is 155 Å². The Hall–Kier alpha value is -1.92. The SMILES string of the molecule is C[C@@H](C(=O)Nc1ccc(Br)cc1)[NH+]1CCN(c2ccc(F)cc2)CC1. The van der Waals surface area contributed by atoms with Crippen LogP contribution >= 0.6 is 15.9 Å². The molecule has 0 bridgehead atoms. The normalized spacial score (nSPS) is 16.5. The van der Waals surface area contributed by atoms with E-state index >= 15 is 0 Å². The number of nitrogens with one attached hydrogen (secondary N) is 2. The van der Waals surface area contributed by atoms with Gasteiger partial charge in [0.05, 0.1) is 26.2 Å². The van der Waals surface area contributed by atoms with Gasteiger partial charge in [0, 0.05) is 15.8 Å². The monoisotopic (exact) mass is 406 g/mol. The highest BCUT2D eigenvalue weighted by molar-refractivity contribution is 9.10. The van der Waals surface area contributed by atoms with Crippen molar-refractivity contribution in [1.82, 2.24) is 0 Å². The minimum Gasteiger partial charge on any atom is -0.360 e. The predicted molar refractivity (Wildman–Crippen MR) is 102 cm³/mol. The van der Waals surface area contributed by atoms with Crippen LogP contribution in [0, 0.1) is 5.82 Å². The zero-order valence-electron chi connectivity index (χ0n) is 14.1. The van der Waals surface area contributed by atoms with E-state index in [9.17, 15) is 9.18 Å². The summed E-state index contributed by atoms with van der Waals surface area (Å²) in [6.45, 7) is 5.45. The van der Waals surface area contributed by atoms with Crippen LogP contribution in [0.15, 0.2) is 53.0 Å². The summed E-state index contributed by atoms with van der Waals surface area (Å²) in [7, 11) is 0. The largest absolute Gasteiger partial charge is 0.360 e. The first-order valence-corrected chi connectivity index (χ1v) is 9.24. The van der Waals surface area contributed by atoms with E-state index in [4.69, 9.17) is 0 Å². The predicted octanol–water partition coefficient (Wildman–Crippen LogP) is 2.32. The summed E-state index contributed by atoms with van der Waals surface area (Å²) in [5.74, 6) is -0.182. The van der Waals surface area contributed by atoms with Crippen molar-refractivity contribution < 1.29 is 14.1 Å². The van der Waals surface area contributed by atoms with E-state index in [1.165, 1.54) is 17.0 Å². The van der Waals surface area contributed by atoms with Crippen molar-refractivity contribution in [1.29, 1.82) is 0 Å². The molecule has 0 radical (unpaired) electrons. The van der Waals surface area contributed by atoms with Gasteiger partial charge in [-0.05, 0) is 55.5 Å². The lowest BCUT2D eigenvalue weighted by molar-refractivity contribution is -0.914. The van der Waals surface area contributed by atoms with Gasteiger partial charge in [0.25, 0.3) is 5.91 Å². The molecule has 1 heterocycles. The third-order valence-corrected chi connectivity index (χ3v) is 5.24. The fraction of sp³-hybridized carbons (Fsp3) is 0.316. The lowest BCUT2D eigenvalue weighted by Crippen LogP contribution is -3.19. The van der Waals surface area contributed by atoms with Gasteiger partial charge >= 0.3 is 0 Å². The number of anilines is 2. The highest BCUT2D eigenvalue weighted by atomic mass is 79.9. The standard InChI is InChI=1S/C19H21BrFN3O/c1-14(19(25)22-17-6-2-15(20)3-7-17)23-10-12-24(13-11-23)18-8-4-16(21)5-9-18/h2-9,14H,10-13H2,1H3,(H,22,25)/p+1/t14-/m0/s1. The molecule has 3 rings (SSSR count). The highest BCUT2D eigenvalue weighted by Crippen LogP contribution is 2.15. The molecule has 1 aliphatic rings. The molecule has 2 aromatic carbocycles. The quantitative estimate of drug-likeness (QED) is 0.817. The maximum Gasteiger partial charge on any atom is 0.282 e. The average Bonchev–Trinajstić information content (AvgIpc) is 2.64. The maximum atomic E-state index is 13.0. The Morgan fingerprint density at radius 2 is 1.72 bits per heavy atom. The molecule has 2 aromatic rings. The molecule has 132 valence electrons. The number of piperazine rings is 1. The number of carbonyl (C=O) groups is 1. The number of amides is 1. The lowest BCUT2D eigenvalue weighted by Gasteiger charge is -2.36. The second kappa shape index (κ2) is 7.97. The highest BCUT2D eigenvalue weighted by Gasteiger charge is 2.29. The summed E-state index contributed by atoms with van der Waals surface area (Å²) < 4.78 is 14.0. The van der Waals surface area contributed by atoms with Gasteiger partial charge in [-0.25, -0.2) is 4.39 Å². The number of hydrogen-bond donors (Lipinski definition) is 2. The Morgan fingerprint density at radius 3 is 2.32 bits per heavy atom. The van der Waals surface area contributed by atoms with Gasteiger partial charge in [0.15, 0.2) is 6.04 Å². The van der Waals surface area contributed by atoms with Crippen LogP contribution in [0.25, 0.3) is 0 Å². The number of quaternary nitrogens is 1. The van der Waals surface area contributed by atoms with Crippen molar-refractivity contribution in [2.75, 3.05) is 36.4 Å². The van der Waals surface area contributed by atoms with E-state index in [1.807, 2.05) is 43.3 Å². The van der Waals surface area contributed by atoms with Crippen molar-refractivity contribution in [3.05, 3.63) is 58.8 Å². The molecule has 0 aliphatic carbocycles. The molecule has 0 saturated carbocycles. The van der Waals surface area contributed by atoms with E-state index in [2.05, 4.69) is 26.1 Å². The van der Waals surface area contributed by atoms with Crippen LogP contribution in [0.5, 0.6) is 0 Å². The summed E-state index contributed by atoms with van der Waals surface area (Å²) in [4.78, 5) is 16.0. The van der Waals surface area contributed by atoms with Gasteiger partial charge in [0.2, 0.25) is 0 Å². The summed E-state index contributed by atoms with van der Waals surface area (Å²) in [6.07, 6.45) is 0. The minimum absolute atomic E-state index is 0.0348. The van der Waals surface area contributed by atoms with Crippen LogP contribution in [0.1, 0.15) is 6.92 Å². The fourth-order valence-electron chi connectivity index (χ4n) is 3.11. The lowest BCUT2D eigenvalue weighted by atomic mass is 10.2. The zero-order valence-corrected chi connectivity index (χ0v) is 15.7. The number of hydrogen-bond acceptors (Lipinski definition) is 2. The van der Waals surface area contributed by atoms with Crippen molar-refractivity contribution in [2.45, 2.75) is 13.0 Å². The first-order chi connectivity index (χ1) is 12.0. The van der Waals surface area contributed by atoms with Gasteiger partial charge in [-0.1, -0.05) is 15.9 Å². The van der Waals surface area contributed by atoms with Crippen LogP contribution in [0.4, 0.5) is 15.8 Å². The number of carbonyl (C=O) groups excluding carboxylic acids is 1. The zero-order chi connectivity index (χ0) is 17.8. The summed E-state index contributed by atoms with van der Waals surface area (Å²) in [5, 5.41) is 2.98. The second-order valence-corrected chi connectivity index (χ2v) is 7.26. The number of nitrogens with zero attached hydrogens (tertiary/aromatic N) is 1. The Balaban J connectivity index is 1.53. The van der Waals surface area contributed by atoms with Gasteiger partial charge < -0.3 is 15.1 Å². The molecule has 4 nitrogen and oxygen atoms in total. The molecule has 25 heavy (non-hydrogen) atoms. The van der Waals surface area contributed by atoms with Gasteiger partial charge in [-0.3, -0.25) is 4.79 Å². The van der Waals surface area contributed by atoms with Crippen LogP contribution in [-0.4, -0.2) is 38.1 Å². The smallest absolute Gasteiger partial charge is 0.282 e. The van der Waals surface area contributed by atoms with Crippen LogP contribution in [0.3, 0.4) is 0 Å². The Morgan fingerprint density at radius 1 is 1.12 bits per heavy atom. The van der Waals surface area contributed by atoms with Gasteiger partial charge in [-0.15, -0.1) is 0 Å². The molecule has 0 unspecified atom stereocenters. The molecule has 1 fully saturated rings. The van der Waals surface area contributed by atoms with Crippen LogP contribution in [-0.2, 0) is 4.79 Å². The Bertz CT molecular complexity index is 712. The number of halogens is 2. The molecule has 0 spiro atoms. The maximum absolute atomic E-state index is 13.0. The average molecular weight is 407 g/mol. The molecule has 1 atom stereocenters. The van der Waals surface area contributed by atoms with E-state index in [-0.39, 0.29) is 17.8 Å². The second-order valence-electron chi connectivity index (χ2n) is 6.34. The van der Waals surface area contributed by atoms with Crippen LogP contribution < -0.4 is 15.1 Å². The van der Waals surface area contributed by atoms with Crippen molar-refractivity contribution in [2.24, 2.45) is 0 Å².